The lowest BCUT2D eigenvalue weighted by molar-refractivity contribution is -0.142. The van der Waals surface area contributed by atoms with Crippen molar-refractivity contribution in [3.8, 4) is 0 Å². The summed E-state index contributed by atoms with van der Waals surface area (Å²) in [7, 11) is 0. The number of hydrogen-bond acceptors (Lipinski definition) is 6. The first-order valence-corrected chi connectivity index (χ1v) is 7.80. The van der Waals surface area contributed by atoms with Crippen molar-refractivity contribution in [2.75, 3.05) is 13.2 Å². The fraction of sp³-hybridized carbons (Fsp3) is 0.211. The standard InChI is InChI=1S/C19H16O6/c20-17(13-7-3-1-4-8-13)23-11-15-16(12-24-19(15)22)25-18(21)14-9-5-2-6-10-14/h1-10,15-16H,11-12H2/t15-,16-/m1/s1. The maximum absolute atomic E-state index is 12.1. The molecule has 2 atom stereocenters. The Hall–Kier alpha value is -3.15. The largest absolute Gasteiger partial charge is 0.461 e. The van der Waals surface area contributed by atoms with Crippen molar-refractivity contribution in [2.24, 2.45) is 5.92 Å². The van der Waals surface area contributed by atoms with E-state index < -0.39 is 29.9 Å². The minimum Gasteiger partial charge on any atom is -0.461 e. The van der Waals surface area contributed by atoms with Gasteiger partial charge in [0.25, 0.3) is 0 Å². The molecule has 6 nitrogen and oxygen atoms in total. The molecule has 0 saturated carbocycles. The van der Waals surface area contributed by atoms with Gasteiger partial charge in [0.1, 0.15) is 19.1 Å². The van der Waals surface area contributed by atoms with Crippen LogP contribution in [0.5, 0.6) is 0 Å². The van der Waals surface area contributed by atoms with Crippen LogP contribution in [0.3, 0.4) is 0 Å². The number of esters is 3. The predicted octanol–water partition coefficient (Wildman–Crippen LogP) is 2.24. The van der Waals surface area contributed by atoms with E-state index in [1.807, 2.05) is 0 Å². The maximum Gasteiger partial charge on any atom is 0.338 e. The summed E-state index contributed by atoms with van der Waals surface area (Å²) in [4.78, 5) is 35.9. The van der Waals surface area contributed by atoms with E-state index in [4.69, 9.17) is 14.2 Å². The molecule has 1 saturated heterocycles. The summed E-state index contributed by atoms with van der Waals surface area (Å²) in [6, 6.07) is 16.9. The molecule has 1 heterocycles. The first-order valence-electron chi connectivity index (χ1n) is 7.80. The molecule has 0 spiro atoms. The van der Waals surface area contributed by atoms with Crippen LogP contribution in [0.4, 0.5) is 0 Å². The number of carbonyl (C=O) groups is 3. The molecule has 0 aliphatic carbocycles. The molecule has 0 N–H and O–H groups in total. The average molecular weight is 340 g/mol. The molecule has 1 fully saturated rings. The lowest BCUT2D eigenvalue weighted by atomic mass is 10.1. The maximum atomic E-state index is 12.1. The van der Waals surface area contributed by atoms with Gasteiger partial charge in [-0.1, -0.05) is 36.4 Å². The van der Waals surface area contributed by atoms with Gasteiger partial charge < -0.3 is 14.2 Å². The van der Waals surface area contributed by atoms with Crippen LogP contribution in [0.25, 0.3) is 0 Å². The highest BCUT2D eigenvalue weighted by atomic mass is 16.6. The topological polar surface area (TPSA) is 78.9 Å². The second-order valence-corrected chi connectivity index (χ2v) is 5.51. The van der Waals surface area contributed by atoms with Crippen LogP contribution in [0.15, 0.2) is 60.7 Å². The number of hydrogen-bond donors (Lipinski definition) is 0. The Labute approximate surface area is 144 Å². The van der Waals surface area contributed by atoms with Crippen molar-refractivity contribution in [3.05, 3.63) is 71.8 Å². The smallest absolute Gasteiger partial charge is 0.338 e. The summed E-state index contributed by atoms with van der Waals surface area (Å²) in [6.07, 6.45) is -0.788. The van der Waals surface area contributed by atoms with Crippen molar-refractivity contribution >= 4 is 17.9 Å². The predicted molar refractivity (Wildman–Crippen MR) is 86.8 cm³/mol. The van der Waals surface area contributed by atoms with E-state index in [-0.39, 0.29) is 13.2 Å². The van der Waals surface area contributed by atoms with Crippen molar-refractivity contribution in [1.82, 2.24) is 0 Å². The van der Waals surface area contributed by atoms with E-state index in [0.717, 1.165) is 0 Å². The first kappa shape index (κ1) is 16.7. The lowest BCUT2D eigenvalue weighted by Crippen LogP contribution is -2.31. The Morgan fingerprint density at radius 1 is 0.920 bits per heavy atom. The summed E-state index contributed by atoms with van der Waals surface area (Å²) in [6.45, 7) is -0.260. The van der Waals surface area contributed by atoms with Gasteiger partial charge in [-0.25, -0.2) is 9.59 Å². The second-order valence-electron chi connectivity index (χ2n) is 5.51. The number of rotatable bonds is 5. The fourth-order valence-electron chi connectivity index (χ4n) is 2.43. The SMILES string of the molecule is O=C(OC[C@H]1C(=O)OC[C@H]1OC(=O)c1ccccc1)c1ccccc1. The van der Waals surface area contributed by atoms with Gasteiger partial charge in [-0.05, 0) is 24.3 Å². The van der Waals surface area contributed by atoms with Crippen LogP contribution in [0.2, 0.25) is 0 Å². The van der Waals surface area contributed by atoms with Crippen LogP contribution < -0.4 is 0 Å². The Balaban J connectivity index is 1.60. The minimum absolute atomic E-state index is 0.0506. The highest BCUT2D eigenvalue weighted by molar-refractivity contribution is 5.90. The third kappa shape index (κ3) is 4.03. The Bertz CT molecular complexity index is 756. The highest BCUT2D eigenvalue weighted by Gasteiger charge is 2.41. The molecule has 0 radical (unpaired) electrons. The van der Waals surface area contributed by atoms with Gasteiger partial charge >= 0.3 is 17.9 Å². The van der Waals surface area contributed by atoms with E-state index in [2.05, 4.69) is 0 Å². The van der Waals surface area contributed by atoms with Gasteiger partial charge in [-0.15, -0.1) is 0 Å². The van der Waals surface area contributed by atoms with Crippen LogP contribution in [-0.2, 0) is 19.0 Å². The molecule has 0 aromatic heterocycles. The summed E-state index contributed by atoms with van der Waals surface area (Å²) < 4.78 is 15.5. The zero-order chi connectivity index (χ0) is 17.6. The zero-order valence-corrected chi connectivity index (χ0v) is 13.3. The molecule has 0 bridgehead atoms. The Kier molecular flexibility index (Phi) is 5.09. The fourth-order valence-corrected chi connectivity index (χ4v) is 2.43. The molecule has 3 rings (SSSR count). The Morgan fingerprint density at radius 3 is 2.08 bits per heavy atom. The molecule has 2 aromatic rings. The molecular formula is C19H16O6. The number of ether oxygens (including phenoxy) is 3. The van der Waals surface area contributed by atoms with E-state index >= 15 is 0 Å². The van der Waals surface area contributed by atoms with Crippen LogP contribution in [-0.4, -0.2) is 37.2 Å². The normalized spacial score (nSPS) is 19.1. The third-order valence-corrected chi connectivity index (χ3v) is 3.81. The van der Waals surface area contributed by atoms with E-state index in [1.165, 1.54) is 0 Å². The molecule has 128 valence electrons. The second kappa shape index (κ2) is 7.61. The summed E-state index contributed by atoms with van der Waals surface area (Å²) in [5.41, 5.74) is 0.758. The lowest BCUT2D eigenvalue weighted by Gasteiger charge is -2.16. The highest BCUT2D eigenvalue weighted by Crippen LogP contribution is 2.21. The van der Waals surface area contributed by atoms with Gasteiger partial charge in [0.15, 0.2) is 6.10 Å². The monoisotopic (exact) mass is 340 g/mol. The summed E-state index contributed by atoms with van der Waals surface area (Å²) in [5.74, 6) is -2.48. The quantitative estimate of drug-likeness (QED) is 0.613. The first-order chi connectivity index (χ1) is 12.1. The summed E-state index contributed by atoms with van der Waals surface area (Å²) in [5, 5.41) is 0. The van der Waals surface area contributed by atoms with E-state index in [0.29, 0.717) is 11.1 Å². The third-order valence-electron chi connectivity index (χ3n) is 3.81. The number of cyclic esters (lactones) is 1. The molecule has 1 aliphatic heterocycles. The van der Waals surface area contributed by atoms with Crippen LogP contribution in [0.1, 0.15) is 20.7 Å². The van der Waals surface area contributed by atoms with E-state index in [9.17, 15) is 14.4 Å². The molecule has 2 aromatic carbocycles. The number of carbonyl (C=O) groups excluding carboxylic acids is 3. The van der Waals surface area contributed by atoms with Gasteiger partial charge in [-0.3, -0.25) is 4.79 Å². The van der Waals surface area contributed by atoms with Crippen LogP contribution >= 0.6 is 0 Å². The molecule has 0 unspecified atom stereocenters. The van der Waals surface area contributed by atoms with Crippen molar-refractivity contribution in [1.29, 1.82) is 0 Å². The molecular weight excluding hydrogens is 324 g/mol. The van der Waals surface area contributed by atoms with E-state index in [1.54, 1.807) is 60.7 Å². The molecule has 1 aliphatic rings. The van der Waals surface area contributed by atoms with Crippen LogP contribution in [0, 0.1) is 5.92 Å². The molecule has 0 amide bonds. The van der Waals surface area contributed by atoms with Crippen molar-refractivity contribution < 1.29 is 28.6 Å². The summed E-state index contributed by atoms with van der Waals surface area (Å²) >= 11 is 0. The minimum atomic E-state index is -0.833. The van der Waals surface area contributed by atoms with Gasteiger partial charge in [0.2, 0.25) is 0 Å². The van der Waals surface area contributed by atoms with Gasteiger partial charge in [-0.2, -0.15) is 0 Å². The van der Waals surface area contributed by atoms with Crippen molar-refractivity contribution in [2.45, 2.75) is 6.10 Å². The number of benzene rings is 2. The van der Waals surface area contributed by atoms with Gasteiger partial charge in [0, 0.05) is 0 Å². The average Bonchev–Trinajstić information content (AvgIpc) is 3.00. The Morgan fingerprint density at radius 2 is 1.48 bits per heavy atom. The molecule has 25 heavy (non-hydrogen) atoms. The molecule has 6 heteroatoms. The van der Waals surface area contributed by atoms with Gasteiger partial charge in [0.05, 0.1) is 11.1 Å². The van der Waals surface area contributed by atoms with Crippen molar-refractivity contribution in [3.63, 3.8) is 0 Å². The zero-order valence-electron chi connectivity index (χ0n) is 13.3.